The minimum Gasteiger partial charge on any atom is -0.492 e. The zero-order valence-electron chi connectivity index (χ0n) is 10.0. The van der Waals surface area contributed by atoms with Gasteiger partial charge in [-0.1, -0.05) is 6.92 Å². The Kier molecular flexibility index (Phi) is 3.96. The highest BCUT2D eigenvalue weighted by atomic mass is 16.5. The van der Waals surface area contributed by atoms with Gasteiger partial charge in [-0.2, -0.15) is 0 Å². The first-order chi connectivity index (χ1) is 8.81. The van der Waals surface area contributed by atoms with Crippen molar-refractivity contribution in [2.24, 2.45) is 0 Å². The van der Waals surface area contributed by atoms with Gasteiger partial charge in [-0.25, -0.2) is 9.97 Å². The second-order valence-electron chi connectivity index (χ2n) is 3.68. The van der Waals surface area contributed by atoms with Crippen molar-refractivity contribution in [1.29, 1.82) is 0 Å². The Hall–Kier alpha value is -2.30. The number of carbonyl (C=O) groups excluding carboxylic acids is 1. The van der Waals surface area contributed by atoms with E-state index in [9.17, 15) is 4.79 Å². The van der Waals surface area contributed by atoms with E-state index in [4.69, 9.17) is 4.74 Å². The standard InChI is InChI=1S/C13H13N3O2/c1-2-5-18-11-6-10(7-15-8-11)13(17)12-3-4-14-9-16-12/h3-4,6-9H,2,5H2,1H3. The van der Waals surface area contributed by atoms with Gasteiger partial charge in [0.25, 0.3) is 0 Å². The van der Waals surface area contributed by atoms with Crippen LogP contribution in [0.1, 0.15) is 29.4 Å². The molecule has 92 valence electrons. The average molecular weight is 243 g/mol. The fourth-order valence-corrected chi connectivity index (χ4v) is 1.41. The van der Waals surface area contributed by atoms with Crippen molar-refractivity contribution in [3.8, 4) is 5.75 Å². The number of pyridine rings is 1. The highest BCUT2D eigenvalue weighted by Gasteiger charge is 2.11. The first kappa shape index (κ1) is 12.2. The van der Waals surface area contributed by atoms with Crippen LogP contribution in [-0.2, 0) is 0 Å². The van der Waals surface area contributed by atoms with Crippen molar-refractivity contribution < 1.29 is 9.53 Å². The van der Waals surface area contributed by atoms with Crippen molar-refractivity contribution in [2.75, 3.05) is 6.61 Å². The van der Waals surface area contributed by atoms with Crippen LogP contribution >= 0.6 is 0 Å². The topological polar surface area (TPSA) is 65.0 Å². The first-order valence-corrected chi connectivity index (χ1v) is 5.70. The molecule has 0 atom stereocenters. The monoisotopic (exact) mass is 243 g/mol. The van der Waals surface area contributed by atoms with Gasteiger partial charge < -0.3 is 4.74 Å². The average Bonchev–Trinajstić information content (AvgIpc) is 2.45. The molecule has 0 bridgehead atoms. The number of ketones is 1. The van der Waals surface area contributed by atoms with E-state index in [1.807, 2.05) is 6.92 Å². The predicted octanol–water partition coefficient (Wildman–Crippen LogP) is 1.89. The highest BCUT2D eigenvalue weighted by molar-refractivity contribution is 6.07. The lowest BCUT2D eigenvalue weighted by molar-refractivity contribution is 0.103. The number of carbonyl (C=O) groups is 1. The van der Waals surface area contributed by atoms with Crippen molar-refractivity contribution in [2.45, 2.75) is 13.3 Å². The molecule has 2 aromatic rings. The summed E-state index contributed by atoms with van der Waals surface area (Å²) >= 11 is 0. The Morgan fingerprint density at radius 3 is 2.94 bits per heavy atom. The molecule has 18 heavy (non-hydrogen) atoms. The van der Waals surface area contributed by atoms with Gasteiger partial charge in [-0.05, 0) is 18.6 Å². The molecular formula is C13H13N3O2. The molecule has 2 aromatic heterocycles. The van der Waals surface area contributed by atoms with Crippen LogP contribution in [-0.4, -0.2) is 27.3 Å². The van der Waals surface area contributed by atoms with Crippen LogP contribution in [0, 0.1) is 0 Å². The number of hydrogen-bond acceptors (Lipinski definition) is 5. The number of rotatable bonds is 5. The van der Waals surface area contributed by atoms with Crippen LogP contribution in [0.4, 0.5) is 0 Å². The summed E-state index contributed by atoms with van der Waals surface area (Å²) in [5.74, 6) is 0.406. The Bertz CT molecular complexity index is 529. The molecule has 0 N–H and O–H groups in total. The Morgan fingerprint density at radius 1 is 1.33 bits per heavy atom. The smallest absolute Gasteiger partial charge is 0.213 e. The summed E-state index contributed by atoms with van der Waals surface area (Å²) < 4.78 is 5.43. The maximum Gasteiger partial charge on any atom is 0.213 e. The van der Waals surface area contributed by atoms with E-state index in [2.05, 4.69) is 15.0 Å². The molecule has 0 aliphatic rings. The summed E-state index contributed by atoms with van der Waals surface area (Å²) in [5, 5.41) is 0. The first-order valence-electron chi connectivity index (χ1n) is 5.70. The van der Waals surface area contributed by atoms with E-state index in [0.29, 0.717) is 23.6 Å². The van der Waals surface area contributed by atoms with Crippen molar-refractivity contribution in [3.63, 3.8) is 0 Å². The molecule has 0 radical (unpaired) electrons. The second-order valence-corrected chi connectivity index (χ2v) is 3.68. The van der Waals surface area contributed by atoms with Crippen LogP contribution in [0.15, 0.2) is 37.1 Å². The van der Waals surface area contributed by atoms with Gasteiger partial charge in [-0.15, -0.1) is 0 Å². The molecule has 0 saturated carbocycles. The van der Waals surface area contributed by atoms with Crippen LogP contribution in [0.5, 0.6) is 5.75 Å². The number of ether oxygens (including phenoxy) is 1. The van der Waals surface area contributed by atoms with Gasteiger partial charge in [0.2, 0.25) is 5.78 Å². The van der Waals surface area contributed by atoms with Crippen LogP contribution in [0.25, 0.3) is 0 Å². The van der Waals surface area contributed by atoms with Crippen LogP contribution in [0.2, 0.25) is 0 Å². The summed E-state index contributed by atoms with van der Waals surface area (Å²) in [6.45, 7) is 2.62. The molecule has 2 heterocycles. The largest absolute Gasteiger partial charge is 0.492 e. The predicted molar refractivity (Wildman–Crippen MR) is 65.5 cm³/mol. The van der Waals surface area contributed by atoms with Gasteiger partial charge in [0.05, 0.1) is 12.8 Å². The summed E-state index contributed by atoms with van der Waals surface area (Å²) in [4.78, 5) is 23.8. The Labute approximate surface area is 105 Å². The van der Waals surface area contributed by atoms with Crippen LogP contribution < -0.4 is 4.74 Å². The van der Waals surface area contributed by atoms with E-state index >= 15 is 0 Å². The fraction of sp³-hybridized carbons (Fsp3) is 0.231. The molecule has 0 aromatic carbocycles. The van der Waals surface area contributed by atoms with Crippen molar-refractivity contribution >= 4 is 5.78 Å². The lowest BCUT2D eigenvalue weighted by Crippen LogP contribution is -2.05. The van der Waals surface area contributed by atoms with E-state index in [0.717, 1.165) is 6.42 Å². The number of nitrogens with zero attached hydrogens (tertiary/aromatic N) is 3. The fourth-order valence-electron chi connectivity index (χ4n) is 1.41. The molecule has 0 fully saturated rings. The third kappa shape index (κ3) is 2.88. The molecule has 0 aliphatic carbocycles. The lowest BCUT2D eigenvalue weighted by Gasteiger charge is -2.05. The third-order valence-corrected chi connectivity index (χ3v) is 2.26. The van der Waals surface area contributed by atoms with E-state index in [-0.39, 0.29) is 5.78 Å². The van der Waals surface area contributed by atoms with Crippen LogP contribution in [0.3, 0.4) is 0 Å². The Morgan fingerprint density at radius 2 is 2.22 bits per heavy atom. The quantitative estimate of drug-likeness (QED) is 0.750. The van der Waals surface area contributed by atoms with Crippen molar-refractivity contribution in [3.05, 3.63) is 48.3 Å². The van der Waals surface area contributed by atoms with Gasteiger partial charge in [0, 0.05) is 18.0 Å². The maximum atomic E-state index is 12.1. The molecule has 0 aliphatic heterocycles. The summed E-state index contributed by atoms with van der Waals surface area (Å²) in [7, 11) is 0. The molecule has 5 heteroatoms. The minimum atomic E-state index is -0.188. The maximum absolute atomic E-state index is 12.1. The second kappa shape index (κ2) is 5.86. The third-order valence-electron chi connectivity index (χ3n) is 2.26. The highest BCUT2D eigenvalue weighted by Crippen LogP contribution is 2.14. The lowest BCUT2D eigenvalue weighted by atomic mass is 10.1. The van der Waals surface area contributed by atoms with Gasteiger partial charge >= 0.3 is 0 Å². The minimum absolute atomic E-state index is 0.188. The molecule has 0 spiro atoms. The summed E-state index contributed by atoms with van der Waals surface area (Å²) in [5.41, 5.74) is 0.807. The molecule has 0 amide bonds. The summed E-state index contributed by atoms with van der Waals surface area (Å²) in [6, 6.07) is 3.25. The Balaban J connectivity index is 2.20. The van der Waals surface area contributed by atoms with Gasteiger partial charge in [0.1, 0.15) is 17.8 Å². The molecule has 0 saturated heterocycles. The van der Waals surface area contributed by atoms with Crippen molar-refractivity contribution in [1.82, 2.24) is 15.0 Å². The zero-order valence-corrected chi connectivity index (χ0v) is 10.0. The van der Waals surface area contributed by atoms with E-state index in [1.165, 1.54) is 18.7 Å². The summed E-state index contributed by atoms with van der Waals surface area (Å²) in [6.07, 6.45) is 6.88. The zero-order chi connectivity index (χ0) is 12.8. The molecule has 0 unspecified atom stereocenters. The van der Waals surface area contributed by atoms with E-state index in [1.54, 1.807) is 18.3 Å². The number of hydrogen-bond donors (Lipinski definition) is 0. The SMILES string of the molecule is CCCOc1cncc(C(=O)c2ccncn2)c1. The van der Waals surface area contributed by atoms with Gasteiger partial charge in [-0.3, -0.25) is 9.78 Å². The molecule has 5 nitrogen and oxygen atoms in total. The molecular weight excluding hydrogens is 230 g/mol. The van der Waals surface area contributed by atoms with E-state index < -0.39 is 0 Å². The number of aromatic nitrogens is 3. The van der Waals surface area contributed by atoms with Gasteiger partial charge in [0.15, 0.2) is 0 Å². The normalized spacial score (nSPS) is 10.1. The molecule has 2 rings (SSSR count).